The Morgan fingerprint density at radius 2 is 1.83 bits per heavy atom. The van der Waals surface area contributed by atoms with E-state index in [1.807, 2.05) is 43.3 Å². The summed E-state index contributed by atoms with van der Waals surface area (Å²) >= 11 is 0. The Bertz CT molecular complexity index is 565. The van der Waals surface area contributed by atoms with Crippen molar-refractivity contribution in [3.05, 3.63) is 29.8 Å². The Labute approximate surface area is 144 Å². The number of carbonyl (C=O) groups excluding carboxylic acids is 2. The van der Waals surface area contributed by atoms with Crippen LogP contribution < -0.4 is 15.5 Å². The molecule has 2 N–H and O–H groups in total. The van der Waals surface area contributed by atoms with E-state index in [-0.39, 0.29) is 18.4 Å². The first kappa shape index (κ1) is 19.8. The first-order valence-electron chi connectivity index (χ1n) is 8.10. The number of hydrogen-bond donors (Lipinski definition) is 2. The van der Waals surface area contributed by atoms with E-state index in [1.54, 1.807) is 27.7 Å². The average molecular weight is 335 g/mol. The monoisotopic (exact) mass is 335 g/mol. The molecule has 1 aromatic carbocycles. The van der Waals surface area contributed by atoms with Crippen LogP contribution in [-0.2, 0) is 16.1 Å². The number of rotatable bonds is 6. The third-order valence-corrected chi connectivity index (χ3v) is 3.20. The van der Waals surface area contributed by atoms with Gasteiger partial charge in [0.1, 0.15) is 5.60 Å². The van der Waals surface area contributed by atoms with Gasteiger partial charge in [0.15, 0.2) is 0 Å². The van der Waals surface area contributed by atoms with Crippen LogP contribution in [0.4, 0.5) is 10.5 Å². The van der Waals surface area contributed by atoms with E-state index in [0.717, 1.165) is 11.3 Å². The van der Waals surface area contributed by atoms with Gasteiger partial charge in [0.2, 0.25) is 5.91 Å². The summed E-state index contributed by atoms with van der Waals surface area (Å²) < 4.78 is 5.17. The first-order chi connectivity index (χ1) is 11.1. The molecule has 0 bridgehead atoms. The lowest BCUT2D eigenvalue weighted by Gasteiger charge is -2.22. The Morgan fingerprint density at radius 3 is 2.42 bits per heavy atom. The summed E-state index contributed by atoms with van der Waals surface area (Å²) in [6.07, 6.45) is -0.315. The van der Waals surface area contributed by atoms with Crippen molar-refractivity contribution in [1.82, 2.24) is 10.6 Å². The van der Waals surface area contributed by atoms with Gasteiger partial charge in [-0.1, -0.05) is 18.2 Å². The van der Waals surface area contributed by atoms with E-state index in [0.29, 0.717) is 6.54 Å². The van der Waals surface area contributed by atoms with E-state index < -0.39 is 11.7 Å². The third-order valence-electron chi connectivity index (χ3n) is 3.20. The highest BCUT2D eigenvalue weighted by Crippen LogP contribution is 2.17. The van der Waals surface area contributed by atoms with Crippen molar-refractivity contribution in [3.8, 4) is 0 Å². The molecule has 0 saturated carbocycles. The zero-order valence-electron chi connectivity index (χ0n) is 15.5. The Morgan fingerprint density at radius 1 is 1.21 bits per heavy atom. The number of carbonyl (C=O) groups is 2. The minimum absolute atomic E-state index is 0.118. The molecule has 0 aliphatic heterocycles. The van der Waals surface area contributed by atoms with Crippen LogP contribution in [-0.4, -0.2) is 37.7 Å². The van der Waals surface area contributed by atoms with Gasteiger partial charge in [0.25, 0.3) is 0 Å². The molecule has 1 atom stereocenters. The van der Waals surface area contributed by atoms with Gasteiger partial charge >= 0.3 is 6.09 Å². The molecule has 2 amide bonds. The molecular weight excluding hydrogens is 306 g/mol. The second-order valence-electron chi connectivity index (χ2n) is 7.05. The standard InChI is InChI=1S/C18H29N3O3/c1-13(20-17(23)24-18(2,3)4)11-16(22)19-12-14-9-7-8-10-15(14)21(5)6/h7-10,13H,11-12H2,1-6H3,(H,19,22)(H,20,23)/t13-/m0/s1. The number of nitrogens with one attached hydrogen (secondary N) is 2. The van der Waals surface area contributed by atoms with Crippen LogP contribution in [0.3, 0.4) is 0 Å². The third kappa shape index (κ3) is 7.35. The van der Waals surface area contributed by atoms with E-state index in [9.17, 15) is 9.59 Å². The molecule has 1 rings (SSSR count). The van der Waals surface area contributed by atoms with Gasteiger partial charge in [-0.15, -0.1) is 0 Å². The molecule has 24 heavy (non-hydrogen) atoms. The largest absolute Gasteiger partial charge is 0.444 e. The predicted molar refractivity (Wildman–Crippen MR) is 96.1 cm³/mol. The molecule has 0 unspecified atom stereocenters. The topological polar surface area (TPSA) is 70.7 Å². The van der Waals surface area contributed by atoms with Gasteiger partial charge in [-0.25, -0.2) is 4.79 Å². The summed E-state index contributed by atoms with van der Waals surface area (Å²) in [6, 6.07) is 7.60. The lowest BCUT2D eigenvalue weighted by atomic mass is 10.1. The predicted octanol–water partition coefficient (Wildman–Crippen LogP) is 2.67. The lowest BCUT2D eigenvalue weighted by molar-refractivity contribution is -0.121. The second-order valence-corrected chi connectivity index (χ2v) is 7.05. The highest BCUT2D eigenvalue weighted by atomic mass is 16.6. The van der Waals surface area contributed by atoms with Gasteiger partial charge < -0.3 is 20.3 Å². The highest BCUT2D eigenvalue weighted by Gasteiger charge is 2.19. The number of anilines is 1. The maximum absolute atomic E-state index is 12.1. The van der Waals surface area contributed by atoms with Crippen LogP contribution in [0.15, 0.2) is 24.3 Å². The molecule has 6 nitrogen and oxygen atoms in total. The van der Waals surface area contributed by atoms with E-state index >= 15 is 0 Å². The van der Waals surface area contributed by atoms with Crippen molar-refractivity contribution in [2.75, 3.05) is 19.0 Å². The van der Waals surface area contributed by atoms with Crippen molar-refractivity contribution in [2.45, 2.75) is 52.3 Å². The number of nitrogens with zero attached hydrogens (tertiary/aromatic N) is 1. The van der Waals surface area contributed by atoms with Crippen LogP contribution >= 0.6 is 0 Å². The summed E-state index contributed by atoms with van der Waals surface area (Å²) in [5.74, 6) is -0.118. The smallest absolute Gasteiger partial charge is 0.407 e. The molecule has 0 spiro atoms. The molecule has 0 aromatic heterocycles. The summed E-state index contributed by atoms with van der Waals surface area (Å²) in [4.78, 5) is 25.7. The molecule has 134 valence electrons. The second kappa shape index (κ2) is 8.57. The van der Waals surface area contributed by atoms with E-state index in [2.05, 4.69) is 10.6 Å². The molecule has 0 aliphatic rings. The van der Waals surface area contributed by atoms with Gasteiger partial charge in [-0.3, -0.25) is 4.79 Å². The van der Waals surface area contributed by atoms with Crippen molar-refractivity contribution < 1.29 is 14.3 Å². The van der Waals surface area contributed by atoms with Crippen LogP contribution in [0.5, 0.6) is 0 Å². The molecular formula is C18H29N3O3. The van der Waals surface area contributed by atoms with Crippen LogP contribution in [0.25, 0.3) is 0 Å². The summed E-state index contributed by atoms with van der Waals surface area (Å²) in [7, 11) is 3.93. The number of alkyl carbamates (subject to hydrolysis) is 1. The maximum Gasteiger partial charge on any atom is 0.407 e. The van der Waals surface area contributed by atoms with Gasteiger partial charge in [0, 0.05) is 38.8 Å². The zero-order valence-corrected chi connectivity index (χ0v) is 15.5. The number of ether oxygens (including phenoxy) is 1. The Balaban J connectivity index is 2.45. The zero-order chi connectivity index (χ0) is 18.3. The van der Waals surface area contributed by atoms with Gasteiger partial charge in [0.05, 0.1) is 0 Å². The van der Waals surface area contributed by atoms with Crippen molar-refractivity contribution in [3.63, 3.8) is 0 Å². The summed E-state index contributed by atoms with van der Waals surface area (Å²) in [5.41, 5.74) is 1.56. The fraction of sp³-hybridized carbons (Fsp3) is 0.556. The van der Waals surface area contributed by atoms with E-state index in [1.165, 1.54) is 0 Å². The molecule has 0 heterocycles. The van der Waals surface area contributed by atoms with Crippen LogP contribution in [0.1, 0.15) is 39.7 Å². The average Bonchev–Trinajstić information content (AvgIpc) is 2.42. The number of para-hydroxylation sites is 1. The normalized spacial score (nSPS) is 12.2. The fourth-order valence-corrected chi connectivity index (χ4v) is 2.20. The molecule has 1 aromatic rings. The fourth-order valence-electron chi connectivity index (χ4n) is 2.20. The van der Waals surface area contributed by atoms with Crippen molar-refractivity contribution in [2.24, 2.45) is 0 Å². The Hall–Kier alpha value is -2.24. The number of hydrogen-bond acceptors (Lipinski definition) is 4. The highest BCUT2D eigenvalue weighted by molar-refractivity contribution is 5.77. The minimum atomic E-state index is -0.554. The molecule has 0 radical (unpaired) electrons. The van der Waals surface area contributed by atoms with Crippen molar-refractivity contribution >= 4 is 17.7 Å². The Kier molecular flexibility index (Phi) is 7.07. The van der Waals surface area contributed by atoms with Gasteiger partial charge in [-0.2, -0.15) is 0 Å². The minimum Gasteiger partial charge on any atom is -0.444 e. The molecule has 0 fully saturated rings. The molecule has 0 aliphatic carbocycles. The quantitative estimate of drug-likeness (QED) is 0.838. The summed E-state index contributed by atoms with van der Waals surface area (Å²) in [6.45, 7) is 7.62. The SMILES string of the molecule is C[C@@H](CC(=O)NCc1ccccc1N(C)C)NC(=O)OC(C)(C)C. The van der Waals surface area contributed by atoms with Crippen LogP contribution in [0.2, 0.25) is 0 Å². The van der Waals surface area contributed by atoms with Gasteiger partial charge in [-0.05, 0) is 39.3 Å². The lowest BCUT2D eigenvalue weighted by Crippen LogP contribution is -2.40. The van der Waals surface area contributed by atoms with Crippen molar-refractivity contribution in [1.29, 1.82) is 0 Å². The summed E-state index contributed by atoms with van der Waals surface area (Å²) in [5, 5.41) is 5.55. The molecule has 6 heteroatoms. The number of amides is 2. The molecule has 0 saturated heterocycles. The number of benzene rings is 1. The van der Waals surface area contributed by atoms with E-state index in [4.69, 9.17) is 4.74 Å². The maximum atomic E-state index is 12.1. The van der Waals surface area contributed by atoms with Crippen LogP contribution in [0, 0.1) is 0 Å². The first-order valence-corrected chi connectivity index (χ1v) is 8.10.